The fourth-order valence-electron chi connectivity index (χ4n) is 3.22. The summed E-state index contributed by atoms with van der Waals surface area (Å²) < 4.78 is 10.7. The summed E-state index contributed by atoms with van der Waals surface area (Å²) in [6, 6.07) is 8.91. The van der Waals surface area contributed by atoms with Crippen molar-refractivity contribution >= 4 is 17.8 Å². The number of aromatic amines is 1. The van der Waals surface area contributed by atoms with Crippen LogP contribution in [0.5, 0.6) is 0 Å². The number of aryl methyl sites for hydroxylation is 1. The van der Waals surface area contributed by atoms with Crippen LogP contribution in [0.25, 0.3) is 0 Å². The standard InChI is InChI=1S/C22H28N2O5/c1-6-24(7-2)20(25)19(16-12-10-9-11-13-16)29-21(26)17-14(4)18(23-15(17)5)22(27)28-8-3/h9-13,19,23H,6-8H2,1-5H3. The number of hydrogen-bond acceptors (Lipinski definition) is 5. The molecule has 1 N–H and O–H groups in total. The molecular formula is C22H28N2O5. The molecule has 0 saturated carbocycles. The number of H-pyrrole nitrogens is 1. The van der Waals surface area contributed by atoms with Crippen LogP contribution in [0.15, 0.2) is 30.3 Å². The molecule has 0 aliphatic carbocycles. The van der Waals surface area contributed by atoms with Crippen molar-refractivity contribution in [1.29, 1.82) is 0 Å². The highest BCUT2D eigenvalue weighted by atomic mass is 16.5. The van der Waals surface area contributed by atoms with Gasteiger partial charge < -0.3 is 19.4 Å². The quantitative estimate of drug-likeness (QED) is 0.684. The summed E-state index contributed by atoms with van der Waals surface area (Å²) in [6.45, 7) is 10.0. The minimum absolute atomic E-state index is 0.211. The van der Waals surface area contributed by atoms with Gasteiger partial charge in [0.2, 0.25) is 6.10 Å². The Labute approximate surface area is 171 Å². The van der Waals surface area contributed by atoms with Crippen LogP contribution in [0, 0.1) is 13.8 Å². The van der Waals surface area contributed by atoms with Crippen molar-refractivity contribution in [2.45, 2.75) is 40.7 Å². The van der Waals surface area contributed by atoms with E-state index in [-0.39, 0.29) is 23.8 Å². The second-order valence-electron chi connectivity index (χ2n) is 6.55. The van der Waals surface area contributed by atoms with E-state index in [2.05, 4.69) is 4.98 Å². The van der Waals surface area contributed by atoms with Gasteiger partial charge in [0.1, 0.15) is 5.69 Å². The summed E-state index contributed by atoms with van der Waals surface area (Å²) in [6.07, 6.45) is -1.07. The maximum Gasteiger partial charge on any atom is 0.355 e. The van der Waals surface area contributed by atoms with Crippen LogP contribution >= 0.6 is 0 Å². The monoisotopic (exact) mass is 400 g/mol. The molecule has 1 aromatic carbocycles. The maximum atomic E-state index is 13.0. The Hall–Kier alpha value is -3.09. The lowest BCUT2D eigenvalue weighted by molar-refractivity contribution is -0.140. The summed E-state index contributed by atoms with van der Waals surface area (Å²) in [7, 11) is 0. The smallest absolute Gasteiger partial charge is 0.355 e. The molecule has 0 fully saturated rings. The van der Waals surface area contributed by atoms with Gasteiger partial charge in [-0.3, -0.25) is 4.79 Å². The average molecular weight is 400 g/mol. The van der Waals surface area contributed by atoms with Crippen molar-refractivity contribution in [3.05, 3.63) is 58.4 Å². The lowest BCUT2D eigenvalue weighted by Gasteiger charge is -2.25. The Morgan fingerprint density at radius 1 is 1.00 bits per heavy atom. The van der Waals surface area contributed by atoms with Gasteiger partial charge in [-0.1, -0.05) is 30.3 Å². The highest BCUT2D eigenvalue weighted by Gasteiger charge is 2.31. The van der Waals surface area contributed by atoms with E-state index in [0.717, 1.165) is 0 Å². The summed E-state index contributed by atoms with van der Waals surface area (Å²) >= 11 is 0. The maximum absolute atomic E-state index is 13.0. The first kappa shape index (κ1) is 22.2. The first-order chi connectivity index (χ1) is 13.8. The first-order valence-electron chi connectivity index (χ1n) is 9.76. The molecule has 2 rings (SSSR count). The fraction of sp³-hybridized carbons (Fsp3) is 0.409. The molecule has 1 unspecified atom stereocenters. The van der Waals surface area contributed by atoms with Gasteiger partial charge in [-0.2, -0.15) is 0 Å². The van der Waals surface area contributed by atoms with Crippen molar-refractivity contribution in [3.63, 3.8) is 0 Å². The zero-order valence-corrected chi connectivity index (χ0v) is 17.6. The van der Waals surface area contributed by atoms with Crippen LogP contribution < -0.4 is 0 Å². The number of carbonyl (C=O) groups is 3. The van der Waals surface area contributed by atoms with Crippen molar-refractivity contribution < 1.29 is 23.9 Å². The zero-order chi connectivity index (χ0) is 21.6. The molecule has 0 aliphatic rings. The van der Waals surface area contributed by atoms with Crippen LogP contribution in [0.4, 0.5) is 0 Å². The minimum atomic E-state index is -1.07. The summed E-state index contributed by atoms with van der Waals surface area (Å²) in [5.41, 5.74) is 1.96. The summed E-state index contributed by atoms with van der Waals surface area (Å²) in [5, 5.41) is 0. The van der Waals surface area contributed by atoms with Crippen molar-refractivity contribution in [2.75, 3.05) is 19.7 Å². The Bertz CT molecular complexity index is 869. The van der Waals surface area contributed by atoms with E-state index in [1.54, 1.807) is 49.9 Å². The number of likely N-dealkylation sites (N-methyl/N-ethyl adjacent to an activating group) is 1. The number of nitrogens with one attached hydrogen (secondary N) is 1. The van der Waals surface area contributed by atoms with Gasteiger partial charge in [0.15, 0.2) is 0 Å². The summed E-state index contributed by atoms with van der Waals surface area (Å²) in [5.74, 6) is -1.49. The van der Waals surface area contributed by atoms with E-state index in [0.29, 0.717) is 29.9 Å². The highest BCUT2D eigenvalue weighted by Crippen LogP contribution is 2.25. The SMILES string of the molecule is CCOC(=O)c1[nH]c(C)c(C(=O)OC(C(=O)N(CC)CC)c2ccccc2)c1C. The molecule has 1 heterocycles. The number of aromatic nitrogens is 1. The van der Waals surface area contributed by atoms with Crippen molar-refractivity contribution in [2.24, 2.45) is 0 Å². The van der Waals surface area contributed by atoms with E-state index in [4.69, 9.17) is 9.47 Å². The normalized spacial score (nSPS) is 11.6. The fourth-order valence-corrected chi connectivity index (χ4v) is 3.22. The molecule has 29 heavy (non-hydrogen) atoms. The number of benzene rings is 1. The number of esters is 2. The van der Waals surface area contributed by atoms with Gasteiger partial charge >= 0.3 is 11.9 Å². The van der Waals surface area contributed by atoms with E-state index in [9.17, 15) is 14.4 Å². The highest BCUT2D eigenvalue weighted by molar-refractivity contribution is 5.99. The number of hydrogen-bond donors (Lipinski definition) is 1. The second-order valence-corrected chi connectivity index (χ2v) is 6.55. The van der Waals surface area contributed by atoms with Crippen LogP contribution in [0.1, 0.15) is 64.5 Å². The molecule has 7 heteroatoms. The van der Waals surface area contributed by atoms with E-state index >= 15 is 0 Å². The van der Waals surface area contributed by atoms with Crippen LogP contribution in [-0.4, -0.2) is 47.4 Å². The van der Waals surface area contributed by atoms with Crippen molar-refractivity contribution in [3.8, 4) is 0 Å². The van der Waals surface area contributed by atoms with Crippen LogP contribution in [0.3, 0.4) is 0 Å². The number of amides is 1. The Morgan fingerprint density at radius 3 is 2.17 bits per heavy atom. The van der Waals surface area contributed by atoms with E-state index in [1.807, 2.05) is 19.9 Å². The van der Waals surface area contributed by atoms with Gasteiger partial charge in [-0.25, -0.2) is 9.59 Å². The lowest BCUT2D eigenvalue weighted by Crippen LogP contribution is -2.36. The molecule has 1 aromatic heterocycles. The lowest BCUT2D eigenvalue weighted by atomic mass is 10.1. The molecule has 156 valence electrons. The second kappa shape index (κ2) is 9.91. The summed E-state index contributed by atoms with van der Waals surface area (Å²) in [4.78, 5) is 42.6. The zero-order valence-electron chi connectivity index (χ0n) is 17.6. The largest absolute Gasteiger partial charge is 0.461 e. The molecule has 0 spiro atoms. The molecule has 0 bridgehead atoms. The molecule has 0 radical (unpaired) electrons. The van der Waals surface area contributed by atoms with Crippen LogP contribution in [-0.2, 0) is 14.3 Å². The molecule has 0 saturated heterocycles. The third kappa shape index (κ3) is 4.85. The Balaban J connectivity index is 2.38. The Kier molecular flexibility index (Phi) is 7.59. The topological polar surface area (TPSA) is 88.7 Å². The molecule has 0 aliphatic heterocycles. The minimum Gasteiger partial charge on any atom is -0.461 e. The van der Waals surface area contributed by atoms with Gasteiger partial charge in [0.25, 0.3) is 5.91 Å². The number of carbonyl (C=O) groups excluding carboxylic acids is 3. The van der Waals surface area contributed by atoms with Crippen molar-refractivity contribution in [1.82, 2.24) is 9.88 Å². The predicted molar refractivity (Wildman–Crippen MR) is 109 cm³/mol. The number of rotatable bonds is 8. The number of ether oxygens (including phenoxy) is 2. The molecular weight excluding hydrogens is 372 g/mol. The van der Waals surface area contributed by atoms with Gasteiger partial charge in [0, 0.05) is 24.3 Å². The van der Waals surface area contributed by atoms with E-state index in [1.165, 1.54) is 0 Å². The molecule has 7 nitrogen and oxygen atoms in total. The predicted octanol–water partition coefficient (Wildman–Crippen LogP) is 3.57. The van der Waals surface area contributed by atoms with Gasteiger partial charge in [-0.15, -0.1) is 0 Å². The third-order valence-corrected chi connectivity index (χ3v) is 4.75. The average Bonchev–Trinajstić information content (AvgIpc) is 3.02. The van der Waals surface area contributed by atoms with Gasteiger partial charge in [-0.05, 0) is 40.2 Å². The molecule has 1 atom stereocenters. The van der Waals surface area contributed by atoms with E-state index < -0.39 is 18.0 Å². The van der Waals surface area contributed by atoms with Gasteiger partial charge in [0.05, 0.1) is 12.2 Å². The molecule has 2 aromatic rings. The molecule has 1 amide bonds. The number of nitrogens with zero attached hydrogens (tertiary/aromatic N) is 1. The first-order valence-corrected chi connectivity index (χ1v) is 9.76. The Morgan fingerprint density at radius 2 is 1.62 bits per heavy atom. The third-order valence-electron chi connectivity index (χ3n) is 4.75. The van der Waals surface area contributed by atoms with Crippen LogP contribution in [0.2, 0.25) is 0 Å².